The molecule has 4 N–H and O–H groups in total. The first kappa shape index (κ1) is 15.8. The molecule has 0 spiro atoms. The van der Waals surface area contributed by atoms with Gasteiger partial charge in [-0.05, 0) is 47.0 Å². The molecule has 0 aromatic heterocycles. The van der Waals surface area contributed by atoms with Gasteiger partial charge in [0.2, 0.25) is 0 Å². The third-order valence-electron chi connectivity index (χ3n) is 2.46. The van der Waals surface area contributed by atoms with Crippen LogP contribution in [0.15, 0.2) is 27.8 Å². The third kappa shape index (κ3) is 5.48. The molecule has 0 aliphatic heterocycles. The predicted octanol–water partition coefficient (Wildman–Crippen LogP) is 2.75. The highest BCUT2D eigenvalue weighted by atomic mass is 79.9. The zero-order chi connectivity index (χ0) is 14.3. The molecule has 0 atom stereocenters. The molecule has 1 rings (SSSR count). The fourth-order valence-electron chi connectivity index (χ4n) is 1.42. The molecule has 0 saturated carbocycles. The monoisotopic (exact) mass is 347 g/mol. The van der Waals surface area contributed by atoms with Crippen LogP contribution in [0.1, 0.15) is 29.6 Å². The summed E-state index contributed by atoms with van der Waals surface area (Å²) in [4.78, 5) is 11.8. The summed E-state index contributed by atoms with van der Waals surface area (Å²) >= 11 is 9.18. The third-order valence-corrected chi connectivity index (χ3v) is 3.69. The Morgan fingerprint density at radius 1 is 1.47 bits per heavy atom. The van der Waals surface area contributed by atoms with E-state index in [-0.39, 0.29) is 11.7 Å². The van der Waals surface area contributed by atoms with Crippen molar-refractivity contribution in [3.63, 3.8) is 0 Å². The number of oxime groups is 1. The van der Waals surface area contributed by atoms with Crippen molar-refractivity contribution in [3.05, 3.63) is 33.3 Å². The molecule has 0 aliphatic rings. The van der Waals surface area contributed by atoms with Crippen LogP contribution in [-0.2, 0) is 0 Å². The maximum atomic E-state index is 11.8. The minimum absolute atomic E-state index is 0.168. The Morgan fingerprint density at radius 2 is 2.21 bits per heavy atom. The van der Waals surface area contributed by atoms with E-state index >= 15 is 0 Å². The molecule has 0 heterocycles. The molecule has 0 radical (unpaired) electrons. The lowest BCUT2D eigenvalue weighted by Gasteiger charge is -2.06. The van der Waals surface area contributed by atoms with Crippen LogP contribution in [0.5, 0.6) is 0 Å². The summed E-state index contributed by atoms with van der Waals surface area (Å²) in [6, 6.07) is 5.04. The standard InChI is InChI=1S/C12H15BrClN3O2/c13-9-5-4-8(7-10(9)14)12(18)16-6-2-1-3-11(15)17-19/h4-5,7,19H,1-3,6H2,(H2,15,17)(H,16,18). The predicted molar refractivity (Wildman–Crippen MR) is 78.7 cm³/mol. The highest BCUT2D eigenvalue weighted by Gasteiger charge is 2.07. The SMILES string of the molecule is N/C(CCCCNC(=O)c1ccc(Br)c(Cl)c1)=N/O. The van der Waals surface area contributed by atoms with Crippen molar-refractivity contribution in [2.45, 2.75) is 19.3 Å². The molecule has 1 amide bonds. The van der Waals surface area contributed by atoms with E-state index in [4.69, 9.17) is 22.5 Å². The van der Waals surface area contributed by atoms with Gasteiger partial charge in [0.05, 0.1) is 5.02 Å². The minimum Gasteiger partial charge on any atom is -0.409 e. The van der Waals surface area contributed by atoms with Gasteiger partial charge in [0.25, 0.3) is 5.91 Å². The van der Waals surface area contributed by atoms with Crippen molar-refractivity contribution >= 4 is 39.3 Å². The van der Waals surface area contributed by atoms with Crippen LogP contribution in [0.25, 0.3) is 0 Å². The molecule has 0 aliphatic carbocycles. The fraction of sp³-hybridized carbons (Fsp3) is 0.333. The summed E-state index contributed by atoms with van der Waals surface area (Å²) in [6.45, 7) is 0.533. The minimum atomic E-state index is -0.168. The lowest BCUT2D eigenvalue weighted by molar-refractivity contribution is 0.0953. The van der Waals surface area contributed by atoms with Gasteiger partial charge in [-0.2, -0.15) is 0 Å². The number of amides is 1. The summed E-state index contributed by atoms with van der Waals surface area (Å²) in [6.07, 6.45) is 2.01. The number of hydrogen-bond donors (Lipinski definition) is 3. The molecule has 19 heavy (non-hydrogen) atoms. The molecular weight excluding hydrogens is 334 g/mol. The number of nitrogens with zero attached hydrogens (tertiary/aromatic N) is 1. The van der Waals surface area contributed by atoms with Crippen molar-refractivity contribution in [3.8, 4) is 0 Å². The van der Waals surface area contributed by atoms with E-state index in [0.29, 0.717) is 23.6 Å². The first-order valence-electron chi connectivity index (χ1n) is 5.74. The van der Waals surface area contributed by atoms with Gasteiger partial charge in [0, 0.05) is 23.0 Å². The summed E-state index contributed by atoms with van der Waals surface area (Å²) in [5.41, 5.74) is 5.85. The summed E-state index contributed by atoms with van der Waals surface area (Å²) in [7, 11) is 0. The number of nitrogens with one attached hydrogen (secondary N) is 1. The molecular formula is C12H15BrClN3O2. The van der Waals surface area contributed by atoms with Crippen LogP contribution in [-0.4, -0.2) is 23.5 Å². The molecule has 0 saturated heterocycles. The summed E-state index contributed by atoms with van der Waals surface area (Å²) in [5.74, 6) is 0.0317. The Labute approximate surface area is 124 Å². The van der Waals surface area contributed by atoms with E-state index < -0.39 is 0 Å². The van der Waals surface area contributed by atoms with Crippen molar-refractivity contribution in [1.29, 1.82) is 0 Å². The van der Waals surface area contributed by atoms with Gasteiger partial charge in [-0.1, -0.05) is 16.8 Å². The van der Waals surface area contributed by atoms with Gasteiger partial charge in [0.1, 0.15) is 5.84 Å². The van der Waals surface area contributed by atoms with Gasteiger partial charge in [-0.15, -0.1) is 0 Å². The van der Waals surface area contributed by atoms with Crippen molar-refractivity contribution in [1.82, 2.24) is 5.32 Å². The second kappa shape index (κ2) is 8.01. The van der Waals surface area contributed by atoms with Crippen molar-refractivity contribution in [2.24, 2.45) is 10.9 Å². The van der Waals surface area contributed by atoms with E-state index in [1.807, 2.05) is 0 Å². The number of amidine groups is 1. The average Bonchev–Trinajstić information content (AvgIpc) is 2.40. The second-order valence-electron chi connectivity index (χ2n) is 3.93. The highest BCUT2D eigenvalue weighted by Crippen LogP contribution is 2.23. The quantitative estimate of drug-likeness (QED) is 0.243. The second-order valence-corrected chi connectivity index (χ2v) is 5.19. The Hall–Kier alpha value is -1.27. The Kier molecular flexibility index (Phi) is 6.66. The lowest BCUT2D eigenvalue weighted by atomic mass is 10.2. The Morgan fingerprint density at radius 3 is 2.84 bits per heavy atom. The van der Waals surface area contributed by atoms with Crippen LogP contribution in [0.3, 0.4) is 0 Å². The lowest BCUT2D eigenvalue weighted by Crippen LogP contribution is -2.24. The number of benzene rings is 1. The van der Waals surface area contributed by atoms with E-state index in [1.54, 1.807) is 18.2 Å². The molecule has 1 aromatic carbocycles. The first-order valence-corrected chi connectivity index (χ1v) is 6.91. The van der Waals surface area contributed by atoms with Crippen molar-refractivity contribution in [2.75, 3.05) is 6.54 Å². The maximum Gasteiger partial charge on any atom is 0.251 e. The number of rotatable bonds is 6. The number of carbonyl (C=O) groups is 1. The van der Waals surface area contributed by atoms with Crippen LogP contribution in [0, 0.1) is 0 Å². The van der Waals surface area contributed by atoms with Gasteiger partial charge in [-0.3, -0.25) is 4.79 Å². The topological polar surface area (TPSA) is 87.7 Å². The largest absolute Gasteiger partial charge is 0.409 e. The van der Waals surface area contributed by atoms with Crippen LogP contribution < -0.4 is 11.1 Å². The smallest absolute Gasteiger partial charge is 0.251 e. The average molecular weight is 349 g/mol. The molecule has 0 fully saturated rings. The molecule has 7 heteroatoms. The first-order chi connectivity index (χ1) is 9.04. The van der Waals surface area contributed by atoms with Crippen LogP contribution >= 0.6 is 27.5 Å². The van der Waals surface area contributed by atoms with Crippen LogP contribution in [0.4, 0.5) is 0 Å². The molecule has 104 valence electrons. The summed E-state index contributed by atoms with van der Waals surface area (Å²) in [5, 5.41) is 14.5. The summed E-state index contributed by atoms with van der Waals surface area (Å²) < 4.78 is 0.754. The number of carbonyl (C=O) groups excluding carboxylic acids is 1. The number of nitrogens with two attached hydrogens (primary N) is 1. The van der Waals surface area contributed by atoms with Gasteiger partial charge >= 0.3 is 0 Å². The van der Waals surface area contributed by atoms with E-state index in [1.165, 1.54) is 0 Å². The van der Waals surface area contributed by atoms with E-state index in [9.17, 15) is 4.79 Å². The number of unbranched alkanes of at least 4 members (excludes halogenated alkanes) is 1. The highest BCUT2D eigenvalue weighted by molar-refractivity contribution is 9.10. The Balaban J connectivity index is 2.33. The van der Waals surface area contributed by atoms with Crippen LogP contribution in [0.2, 0.25) is 5.02 Å². The zero-order valence-electron chi connectivity index (χ0n) is 10.2. The van der Waals surface area contributed by atoms with E-state index in [0.717, 1.165) is 17.3 Å². The van der Waals surface area contributed by atoms with Gasteiger partial charge in [-0.25, -0.2) is 0 Å². The van der Waals surface area contributed by atoms with Gasteiger partial charge < -0.3 is 16.3 Å². The molecule has 5 nitrogen and oxygen atoms in total. The maximum absolute atomic E-state index is 11.8. The molecule has 0 bridgehead atoms. The normalized spacial score (nSPS) is 11.4. The number of halogens is 2. The zero-order valence-corrected chi connectivity index (χ0v) is 12.5. The Bertz CT molecular complexity index is 480. The van der Waals surface area contributed by atoms with E-state index in [2.05, 4.69) is 26.4 Å². The van der Waals surface area contributed by atoms with Crippen molar-refractivity contribution < 1.29 is 10.0 Å². The molecule has 0 unspecified atom stereocenters. The number of hydrogen-bond acceptors (Lipinski definition) is 3. The van der Waals surface area contributed by atoms with Gasteiger partial charge in [0.15, 0.2) is 0 Å². The fourth-order valence-corrected chi connectivity index (χ4v) is 1.85. The molecule has 1 aromatic rings.